The van der Waals surface area contributed by atoms with Gasteiger partial charge < -0.3 is 44.3 Å². The number of Topliss-reactive ketones (excluding diaryl/α,β-unsaturated/α-hetero) is 1. The zero-order valence-corrected chi connectivity index (χ0v) is 35.2. The van der Waals surface area contributed by atoms with Crippen LogP contribution in [0.4, 0.5) is 0 Å². The number of ether oxygens (including phenoxy) is 5. The van der Waals surface area contributed by atoms with Gasteiger partial charge in [-0.2, -0.15) is 0 Å². The van der Waals surface area contributed by atoms with Crippen LogP contribution in [-0.4, -0.2) is 107 Å². The molecule has 3 aliphatic carbocycles. The van der Waals surface area contributed by atoms with Crippen molar-refractivity contribution in [3.63, 3.8) is 0 Å². The lowest BCUT2D eigenvalue weighted by atomic mass is 9.42. The molecule has 1 aliphatic heterocycles. The van der Waals surface area contributed by atoms with Crippen LogP contribution in [0.15, 0.2) is 102 Å². The Balaban J connectivity index is 1.39. The number of carbonyl (C=O) groups excluding carboxylic acids is 6. The van der Waals surface area contributed by atoms with Gasteiger partial charge in [0.05, 0.1) is 42.9 Å². The quantitative estimate of drug-likeness (QED) is 0.130. The zero-order chi connectivity index (χ0) is 44.9. The van der Waals surface area contributed by atoms with Crippen LogP contribution in [0, 0.1) is 22.2 Å². The predicted octanol–water partition coefficient (Wildman–Crippen LogP) is 3.59. The summed E-state index contributed by atoms with van der Waals surface area (Å²) in [5.74, 6) is -6.99. The van der Waals surface area contributed by atoms with Crippen molar-refractivity contribution < 1.29 is 67.8 Å². The van der Waals surface area contributed by atoms with Gasteiger partial charge in [0.15, 0.2) is 18.0 Å². The second-order valence-corrected chi connectivity index (χ2v) is 17.3. The number of benzene rings is 3. The van der Waals surface area contributed by atoms with Gasteiger partial charge in [0, 0.05) is 36.7 Å². The molecular formula is C47H51NO14. The van der Waals surface area contributed by atoms with Crippen molar-refractivity contribution >= 4 is 35.6 Å². The molecule has 2 bridgehead atoms. The molecule has 1 saturated heterocycles. The second-order valence-electron chi connectivity index (χ2n) is 17.3. The van der Waals surface area contributed by atoms with E-state index in [1.165, 1.54) is 26.0 Å². The van der Waals surface area contributed by atoms with E-state index in [9.17, 15) is 39.3 Å². The predicted molar refractivity (Wildman–Crippen MR) is 218 cm³/mol. The molecule has 62 heavy (non-hydrogen) atoms. The summed E-state index contributed by atoms with van der Waals surface area (Å²) >= 11 is 0. The van der Waals surface area contributed by atoms with Crippen LogP contribution < -0.4 is 5.32 Å². The molecule has 7 rings (SSSR count). The number of carbonyl (C=O) groups is 6. The van der Waals surface area contributed by atoms with Gasteiger partial charge in [-0.3, -0.25) is 19.2 Å². The first-order chi connectivity index (χ1) is 29.3. The standard InChI is InChI=1S/C47H51NO14/c1-25-30(61-42(55)35(51)34(27-16-10-7-11-17-27)48-40(53)28-18-12-8-13-19-28)23-47(57)39(62-41(54)29-20-14-9-15-21-29)37-45(5,31(50)22-32-46(37,24-59-32)43(56)58-6)38(52)36(60-26(2)49)33(25)44(47,3)4/h7-21,30-32,34-37,39,50-51,57H,22-24H2,1-6H3,(H,48,53)/t30-,31-,32+,34-,35+,36+,37?,39-,45+,46-,47+/m0/s1. The molecule has 15 nitrogen and oxygen atoms in total. The number of hydrogen-bond donors (Lipinski definition) is 4. The van der Waals surface area contributed by atoms with Crippen molar-refractivity contribution in [1.82, 2.24) is 5.32 Å². The van der Waals surface area contributed by atoms with Gasteiger partial charge in [0.25, 0.3) is 5.91 Å². The lowest BCUT2D eigenvalue weighted by Crippen LogP contribution is -2.80. The fourth-order valence-electron chi connectivity index (χ4n) is 10.3. The summed E-state index contributed by atoms with van der Waals surface area (Å²) in [4.78, 5) is 84.7. The van der Waals surface area contributed by atoms with Crippen LogP contribution in [0.25, 0.3) is 0 Å². The molecule has 0 spiro atoms. The van der Waals surface area contributed by atoms with E-state index >= 15 is 4.79 Å². The van der Waals surface area contributed by atoms with E-state index in [1.54, 1.807) is 92.7 Å². The Bertz CT molecular complexity index is 2280. The third-order valence-corrected chi connectivity index (χ3v) is 13.8. The van der Waals surface area contributed by atoms with Crippen LogP contribution in [0.2, 0.25) is 0 Å². The van der Waals surface area contributed by atoms with Gasteiger partial charge in [-0.1, -0.05) is 80.6 Å². The summed E-state index contributed by atoms with van der Waals surface area (Å²) in [7, 11) is 1.14. The minimum atomic E-state index is -2.41. The van der Waals surface area contributed by atoms with Crippen molar-refractivity contribution in [1.29, 1.82) is 0 Å². The van der Waals surface area contributed by atoms with Gasteiger partial charge in [-0.25, -0.2) is 9.59 Å². The number of aliphatic hydroxyl groups excluding tert-OH is 2. The molecule has 1 amide bonds. The van der Waals surface area contributed by atoms with E-state index in [2.05, 4.69) is 5.32 Å². The maximum atomic E-state index is 15.5. The van der Waals surface area contributed by atoms with Crippen LogP contribution >= 0.6 is 0 Å². The van der Waals surface area contributed by atoms with E-state index in [4.69, 9.17) is 23.7 Å². The summed E-state index contributed by atoms with van der Waals surface area (Å²) < 4.78 is 29.5. The van der Waals surface area contributed by atoms with Crippen molar-refractivity contribution in [3.05, 3.63) is 119 Å². The van der Waals surface area contributed by atoms with E-state index in [1.807, 2.05) is 0 Å². The number of aliphatic hydroxyl groups is 3. The number of rotatable bonds is 10. The van der Waals surface area contributed by atoms with Crippen molar-refractivity contribution in [2.45, 2.75) is 95.7 Å². The Morgan fingerprint density at radius 1 is 0.855 bits per heavy atom. The summed E-state index contributed by atoms with van der Waals surface area (Å²) in [6, 6.07) is 22.9. The second kappa shape index (κ2) is 16.5. The molecule has 1 unspecified atom stereocenters. The normalized spacial score (nSPS) is 31.9. The Hall–Kier alpha value is -5.74. The minimum Gasteiger partial charge on any atom is -0.468 e. The molecule has 4 aliphatic rings. The summed E-state index contributed by atoms with van der Waals surface area (Å²) in [6.07, 6.45) is -10.7. The molecule has 2 saturated carbocycles. The van der Waals surface area contributed by atoms with Crippen LogP contribution in [-0.2, 0) is 42.9 Å². The van der Waals surface area contributed by atoms with E-state index in [0.717, 1.165) is 14.0 Å². The fourth-order valence-corrected chi connectivity index (χ4v) is 10.3. The first-order valence-electron chi connectivity index (χ1n) is 20.4. The van der Waals surface area contributed by atoms with Crippen LogP contribution in [0.3, 0.4) is 0 Å². The van der Waals surface area contributed by atoms with E-state index in [-0.39, 0.29) is 35.3 Å². The van der Waals surface area contributed by atoms with Crippen LogP contribution in [0.5, 0.6) is 0 Å². The van der Waals surface area contributed by atoms with Gasteiger partial charge in [0.1, 0.15) is 23.2 Å². The average molecular weight is 854 g/mol. The highest BCUT2D eigenvalue weighted by molar-refractivity contribution is 5.97. The molecule has 3 fully saturated rings. The number of ketones is 1. The minimum absolute atomic E-state index is 0.0116. The molecule has 3 aromatic rings. The van der Waals surface area contributed by atoms with Gasteiger partial charge >= 0.3 is 23.9 Å². The number of esters is 4. The fraction of sp³-hybridized carbons (Fsp3) is 0.447. The number of methoxy groups -OCH3 is 1. The maximum Gasteiger partial charge on any atom is 0.338 e. The Kier molecular flexibility index (Phi) is 11.8. The lowest BCUT2D eigenvalue weighted by molar-refractivity contribution is -0.313. The number of fused-ring (bicyclic) bond motifs is 5. The molecule has 4 N–H and O–H groups in total. The molecule has 1 heterocycles. The SMILES string of the molecule is COC(=O)[C@@]12CO[C@@H]1C[C@H](O)[C@@]1(C)C(=O)[C@H](OC(C)=O)C3=C(C)[C@@H](OC(=O)[C@H](O)[C@@H](NC(=O)c4ccccc4)c4ccccc4)C[C@@](O)([C@@H](OC(=O)c4ccccc4)C12)C3(C)C. The van der Waals surface area contributed by atoms with Crippen molar-refractivity contribution in [3.8, 4) is 0 Å². The summed E-state index contributed by atoms with van der Waals surface area (Å²) in [6.45, 7) is 6.75. The zero-order valence-electron chi connectivity index (χ0n) is 35.2. The Morgan fingerprint density at radius 2 is 1.44 bits per heavy atom. The Morgan fingerprint density at radius 3 is 1.98 bits per heavy atom. The van der Waals surface area contributed by atoms with Gasteiger partial charge in [0.2, 0.25) is 0 Å². The molecule has 3 aromatic carbocycles. The number of hydrogen-bond acceptors (Lipinski definition) is 14. The third kappa shape index (κ3) is 7.00. The summed E-state index contributed by atoms with van der Waals surface area (Å²) in [5, 5.41) is 40.3. The molecule has 328 valence electrons. The number of nitrogens with one attached hydrogen (secondary N) is 1. The third-order valence-electron chi connectivity index (χ3n) is 13.8. The van der Waals surface area contributed by atoms with Crippen molar-refractivity contribution in [2.24, 2.45) is 22.2 Å². The molecule has 11 atom stereocenters. The monoisotopic (exact) mass is 853 g/mol. The highest BCUT2D eigenvalue weighted by Gasteiger charge is 2.79. The van der Waals surface area contributed by atoms with Crippen LogP contribution in [0.1, 0.15) is 79.8 Å². The first-order valence-corrected chi connectivity index (χ1v) is 20.4. The first kappa shape index (κ1) is 44.3. The largest absolute Gasteiger partial charge is 0.468 e. The lowest BCUT2D eigenvalue weighted by Gasteiger charge is -2.67. The smallest absolute Gasteiger partial charge is 0.338 e. The molecule has 0 radical (unpaired) electrons. The van der Waals surface area contributed by atoms with Crippen molar-refractivity contribution in [2.75, 3.05) is 13.7 Å². The maximum absolute atomic E-state index is 15.5. The average Bonchev–Trinajstić information content (AvgIpc) is 3.25. The Labute approximate surface area is 358 Å². The highest BCUT2D eigenvalue weighted by atomic mass is 16.6. The number of amides is 1. The molecule has 0 aromatic heterocycles. The molecular weight excluding hydrogens is 803 g/mol. The van der Waals surface area contributed by atoms with Gasteiger partial charge in [-0.15, -0.1) is 0 Å². The van der Waals surface area contributed by atoms with E-state index in [0.29, 0.717) is 5.56 Å². The van der Waals surface area contributed by atoms with Gasteiger partial charge in [-0.05, 0) is 54.8 Å². The van der Waals surface area contributed by atoms with E-state index < -0.39 is 112 Å². The topological polar surface area (TPSA) is 221 Å². The molecule has 15 heteroatoms. The highest BCUT2D eigenvalue weighted by Crippen LogP contribution is 2.66. The summed E-state index contributed by atoms with van der Waals surface area (Å²) in [5.41, 5.74) is -7.14.